The Balaban J connectivity index is 1.80. The van der Waals surface area contributed by atoms with Crippen LogP contribution in [0, 0.1) is 11.3 Å². The number of fused-ring (bicyclic) bond motifs is 1. The van der Waals surface area contributed by atoms with Gasteiger partial charge in [0.15, 0.2) is 0 Å². The summed E-state index contributed by atoms with van der Waals surface area (Å²) in [6.07, 6.45) is 1.13. The SMILES string of the molecule is N#Cc1c2n(c(=O)n(CC(=O)Nc3ccc(SC(F)F)cc3)c1=O)CCC2. The van der Waals surface area contributed by atoms with Gasteiger partial charge in [0.2, 0.25) is 5.91 Å². The maximum atomic E-state index is 12.4. The number of hydrogen-bond acceptors (Lipinski definition) is 5. The van der Waals surface area contributed by atoms with E-state index >= 15 is 0 Å². The molecule has 140 valence electrons. The van der Waals surface area contributed by atoms with Crippen LogP contribution >= 0.6 is 11.8 Å². The predicted molar refractivity (Wildman–Crippen MR) is 94.9 cm³/mol. The maximum absolute atomic E-state index is 12.4. The first-order valence-corrected chi connectivity index (χ1v) is 8.90. The Kier molecular flexibility index (Phi) is 5.41. The van der Waals surface area contributed by atoms with Gasteiger partial charge in [-0.15, -0.1) is 0 Å². The van der Waals surface area contributed by atoms with E-state index in [2.05, 4.69) is 5.32 Å². The summed E-state index contributed by atoms with van der Waals surface area (Å²) in [5.74, 6) is -3.18. The fraction of sp³-hybridized carbons (Fsp3) is 0.294. The lowest BCUT2D eigenvalue weighted by Crippen LogP contribution is -2.44. The van der Waals surface area contributed by atoms with Crippen molar-refractivity contribution in [2.24, 2.45) is 0 Å². The second-order valence-corrected chi connectivity index (χ2v) is 6.88. The van der Waals surface area contributed by atoms with Gasteiger partial charge in [0, 0.05) is 22.8 Å². The second-order valence-electron chi connectivity index (χ2n) is 5.81. The van der Waals surface area contributed by atoms with Crippen molar-refractivity contribution in [3.63, 3.8) is 0 Å². The molecule has 0 radical (unpaired) electrons. The number of hydrogen-bond donors (Lipinski definition) is 1. The number of halogens is 2. The highest BCUT2D eigenvalue weighted by Gasteiger charge is 2.23. The Labute approximate surface area is 156 Å². The minimum absolute atomic E-state index is 0.117. The van der Waals surface area contributed by atoms with Crippen LogP contribution in [0.1, 0.15) is 17.7 Å². The molecule has 0 spiro atoms. The van der Waals surface area contributed by atoms with Gasteiger partial charge >= 0.3 is 5.69 Å². The Hall–Kier alpha value is -2.93. The summed E-state index contributed by atoms with van der Waals surface area (Å²) in [6, 6.07) is 7.57. The number of alkyl halides is 2. The molecule has 0 saturated heterocycles. The van der Waals surface area contributed by atoms with E-state index in [1.54, 1.807) is 0 Å². The van der Waals surface area contributed by atoms with Crippen molar-refractivity contribution in [3.05, 3.63) is 56.4 Å². The zero-order chi connectivity index (χ0) is 19.6. The van der Waals surface area contributed by atoms with Crippen LogP contribution in [0.4, 0.5) is 14.5 Å². The highest BCUT2D eigenvalue weighted by atomic mass is 32.2. The number of carbonyl (C=O) groups excluding carboxylic acids is 1. The summed E-state index contributed by atoms with van der Waals surface area (Å²) in [5.41, 5.74) is -0.766. The van der Waals surface area contributed by atoms with Crippen molar-refractivity contribution in [2.75, 3.05) is 5.32 Å². The molecule has 1 aromatic carbocycles. The summed E-state index contributed by atoms with van der Waals surface area (Å²) in [4.78, 5) is 37.4. The monoisotopic (exact) mass is 392 g/mol. The number of thioether (sulfide) groups is 1. The largest absolute Gasteiger partial charge is 0.331 e. The Morgan fingerprint density at radius 3 is 2.63 bits per heavy atom. The number of aromatic nitrogens is 2. The molecular formula is C17H14F2N4O3S. The molecule has 1 aliphatic rings. The van der Waals surface area contributed by atoms with Crippen molar-refractivity contribution in [1.29, 1.82) is 5.26 Å². The van der Waals surface area contributed by atoms with Gasteiger partial charge in [-0.25, -0.2) is 9.36 Å². The van der Waals surface area contributed by atoms with Crippen LogP contribution in [-0.4, -0.2) is 20.8 Å². The number of benzene rings is 1. The maximum Gasteiger partial charge on any atom is 0.331 e. The number of nitrogens with zero attached hydrogens (tertiary/aromatic N) is 3. The third-order valence-electron chi connectivity index (χ3n) is 4.11. The van der Waals surface area contributed by atoms with Crippen LogP contribution in [0.3, 0.4) is 0 Å². The van der Waals surface area contributed by atoms with Gasteiger partial charge in [0.05, 0.1) is 0 Å². The average Bonchev–Trinajstić information content (AvgIpc) is 3.10. The quantitative estimate of drug-likeness (QED) is 0.783. The van der Waals surface area contributed by atoms with Crippen LogP contribution in [0.25, 0.3) is 0 Å². The van der Waals surface area contributed by atoms with Crippen molar-refractivity contribution < 1.29 is 13.6 Å². The lowest BCUT2D eigenvalue weighted by Gasteiger charge is -2.11. The lowest BCUT2D eigenvalue weighted by atomic mass is 10.2. The topological polar surface area (TPSA) is 96.9 Å². The molecular weight excluding hydrogens is 378 g/mol. The molecule has 27 heavy (non-hydrogen) atoms. The number of amides is 1. The highest BCUT2D eigenvalue weighted by molar-refractivity contribution is 7.99. The molecule has 3 rings (SSSR count). The van der Waals surface area contributed by atoms with E-state index in [0.29, 0.717) is 47.4 Å². The Morgan fingerprint density at radius 1 is 1.30 bits per heavy atom. The van der Waals surface area contributed by atoms with Gasteiger partial charge in [0.1, 0.15) is 18.2 Å². The predicted octanol–water partition coefficient (Wildman–Crippen LogP) is 1.78. The molecule has 1 aromatic heterocycles. The van der Waals surface area contributed by atoms with E-state index in [1.165, 1.54) is 28.8 Å². The molecule has 2 heterocycles. The molecule has 2 aromatic rings. The lowest BCUT2D eigenvalue weighted by molar-refractivity contribution is -0.116. The van der Waals surface area contributed by atoms with Gasteiger partial charge in [0.25, 0.3) is 11.3 Å². The molecule has 1 amide bonds. The first kappa shape index (κ1) is 18.8. The fourth-order valence-electron chi connectivity index (χ4n) is 2.95. The van der Waals surface area contributed by atoms with Crippen molar-refractivity contribution in [1.82, 2.24) is 9.13 Å². The molecule has 0 atom stereocenters. The van der Waals surface area contributed by atoms with Crippen molar-refractivity contribution in [3.8, 4) is 6.07 Å². The molecule has 0 bridgehead atoms. The zero-order valence-electron chi connectivity index (χ0n) is 13.9. The summed E-state index contributed by atoms with van der Waals surface area (Å²) < 4.78 is 26.7. The molecule has 7 nitrogen and oxygen atoms in total. The van der Waals surface area contributed by atoms with Crippen LogP contribution in [-0.2, 0) is 24.3 Å². The number of rotatable bonds is 5. The van der Waals surface area contributed by atoms with Crippen molar-refractivity contribution in [2.45, 2.75) is 36.6 Å². The van der Waals surface area contributed by atoms with E-state index in [4.69, 9.17) is 0 Å². The first-order valence-electron chi connectivity index (χ1n) is 8.02. The van der Waals surface area contributed by atoms with Crippen LogP contribution in [0.5, 0.6) is 0 Å². The van der Waals surface area contributed by atoms with E-state index < -0.39 is 29.5 Å². The summed E-state index contributed by atoms with van der Waals surface area (Å²) in [6.45, 7) is -0.145. The van der Waals surface area contributed by atoms with Gasteiger partial charge < -0.3 is 5.32 Å². The number of carbonyl (C=O) groups is 1. The van der Waals surface area contributed by atoms with Crippen LogP contribution < -0.4 is 16.6 Å². The van der Waals surface area contributed by atoms with Gasteiger partial charge in [-0.05, 0) is 37.1 Å². The number of nitriles is 1. The number of nitrogens with one attached hydrogen (secondary N) is 1. The third kappa shape index (κ3) is 3.93. The first-order chi connectivity index (χ1) is 12.9. The molecule has 1 aliphatic heterocycles. The van der Waals surface area contributed by atoms with Gasteiger partial charge in [-0.3, -0.25) is 14.2 Å². The minimum atomic E-state index is -2.54. The highest BCUT2D eigenvalue weighted by Crippen LogP contribution is 2.26. The minimum Gasteiger partial charge on any atom is -0.325 e. The van der Waals surface area contributed by atoms with Gasteiger partial charge in [-0.1, -0.05) is 11.8 Å². The summed E-state index contributed by atoms with van der Waals surface area (Å²) >= 11 is 0.382. The molecule has 0 aliphatic carbocycles. The standard InChI is InChI=1S/C17H14F2N4O3S/c18-16(19)27-11-5-3-10(4-6-11)21-14(24)9-23-15(25)12(8-20)13-2-1-7-22(13)17(23)26/h3-6,16H,1-2,7,9H2,(H,21,24). The van der Waals surface area contributed by atoms with Crippen molar-refractivity contribution >= 4 is 23.4 Å². The fourth-order valence-corrected chi connectivity index (χ4v) is 3.45. The normalized spacial score (nSPS) is 12.7. The van der Waals surface area contributed by atoms with E-state index in [-0.39, 0.29) is 5.56 Å². The second kappa shape index (κ2) is 7.75. The smallest absolute Gasteiger partial charge is 0.325 e. The van der Waals surface area contributed by atoms with E-state index in [9.17, 15) is 28.4 Å². The zero-order valence-corrected chi connectivity index (χ0v) is 14.8. The molecule has 0 saturated carbocycles. The summed E-state index contributed by atoms with van der Waals surface area (Å²) in [7, 11) is 0. The molecule has 10 heteroatoms. The third-order valence-corrected chi connectivity index (χ3v) is 4.83. The Bertz CT molecular complexity index is 1040. The van der Waals surface area contributed by atoms with Crippen LogP contribution in [0.2, 0.25) is 0 Å². The van der Waals surface area contributed by atoms with E-state index in [1.807, 2.05) is 6.07 Å². The molecule has 0 fully saturated rings. The number of anilines is 1. The Morgan fingerprint density at radius 2 is 2.00 bits per heavy atom. The summed E-state index contributed by atoms with van der Waals surface area (Å²) in [5, 5.41) is 11.7. The van der Waals surface area contributed by atoms with Crippen LogP contribution in [0.15, 0.2) is 38.8 Å². The average molecular weight is 392 g/mol. The molecule has 1 N–H and O–H groups in total. The van der Waals surface area contributed by atoms with E-state index in [0.717, 1.165) is 4.57 Å². The molecule has 0 unspecified atom stereocenters. The van der Waals surface area contributed by atoms with Gasteiger partial charge in [-0.2, -0.15) is 14.0 Å².